The standard InChI is InChI=1S/C44H28N2/c1-2-15-31(16-3-1)44-45-40(35-24-12-18-30-14-6-7-19-34(30)35)28-41(46-44)43-38-22-10-8-20-36(38)42(37-21-9-11-23-39(37)43)33-26-25-29-13-4-5-17-32(29)27-33/h1-28H. The Labute approximate surface area is 267 Å². The average Bonchev–Trinajstić information content (AvgIpc) is 3.13. The third-order valence-electron chi connectivity index (χ3n) is 9.05. The molecule has 0 amide bonds. The summed E-state index contributed by atoms with van der Waals surface area (Å²) in [5, 5.41) is 9.60. The molecule has 0 spiro atoms. The maximum Gasteiger partial charge on any atom is 0.160 e. The Hall–Kier alpha value is -6.12. The number of fused-ring (bicyclic) bond motifs is 4. The van der Waals surface area contributed by atoms with Gasteiger partial charge in [-0.3, -0.25) is 0 Å². The molecule has 8 aromatic carbocycles. The molecule has 0 aliphatic carbocycles. The van der Waals surface area contributed by atoms with E-state index in [9.17, 15) is 0 Å². The second kappa shape index (κ2) is 10.8. The molecule has 1 aromatic heterocycles. The molecule has 0 aliphatic rings. The SMILES string of the molecule is c1ccc(-c2nc(-c3cccc4ccccc34)cc(-c3c4ccccc4c(-c4ccc5ccccc5c4)c4ccccc34)n2)cc1. The van der Waals surface area contributed by atoms with Gasteiger partial charge in [-0.05, 0) is 66.3 Å². The van der Waals surface area contributed by atoms with Gasteiger partial charge in [0.15, 0.2) is 5.82 Å². The van der Waals surface area contributed by atoms with Gasteiger partial charge in [0, 0.05) is 16.7 Å². The molecule has 214 valence electrons. The normalized spacial score (nSPS) is 11.5. The lowest BCUT2D eigenvalue weighted by molar-refractivity contribution is 1.19. The first kappa shape index (κ1) is 26.3. The zero-order chi connectivity index (χ0) is 30.5. The number of hydrogen-bond acceptors (Lipinski definition) is 2. The Morgan fingerprint density at radius 3 is 1.57 bits per heavy atom. The molecule has 9 rings (SSSR count). The van der Waals surface area contributed by atoms with Crippen LogP contribution in [-0.4, -0.2) is 9.97 Å². The molecule has 0 saturated carbocycles. The van der Waals surface area contributed by atoms with Crippen molar-refractivity contribution in [3.63, 3.8) is 0 Å². The van der Waals surface area contributed by atoms with Crippen molar-refractivity contribution in [2.75, 3.05) is 0 Å². The lowest BCUT2D eigenvalue weighted by Crippen LogP contribution is -1.98. The largest absolute Gasteiger partial charge is 0.228 e. The monoisotopic (exact) mass is 584 g/mol. The molecule has 0 radical (unpaired) electrons. The van der Waals surface area contributed by atoms with E-state index in [4.69, 9.17) is 9.97 Å². The summed E-state index contributed by atoms with van der Waals surface area (Å²) in [6, 6.07) is 60.4. The van der Waals surface area contributed by atoms with Crippen LogP contribution in [0.15, 0.2) is 170 Å². The third kappa shape index (κ3) is 4.35. The highest BCUT2D eigenvalue weighted by atomic mass is 14.9. The van der Waals surface area contributed by atoms with Gasteiger partial charge in [0.05, 0.1) is 11.4 Å². The van der Waals surface area contributed by atoms with E-state index in [-0.39, 0.29) is 0 Å². The van der Waals surface area contributed by atoms with E-state index in [1.165, 1.54) is 54.2 Å². The molecule has 1 heterocycles. The molecule has 0 bridgehead atoms. The van der Waals surface area contributed by atoms with Crippen LogP contribution in [0.2, 0.25) is 0 Å². The van der Waals surface area contributed by atoms with Gasteiger partial charge < -0.3 is 0 Å². The van der Waals surface area contributed by atoms with Gasteiger partial charge >= 0.3 is 0 Å². The van der Waals surface area contributed by atoms with E-state index >= 15 is 0 Å². The van der Waals surface area contributed by atoms with Crippen LogP contribution in [0.3, 0.4) is 0 Å². The highest BCUT2D eigenvalue weighted by molar-refractivity contribution is 6.21. The van der Waals surface area contributed by atoms with E-state index in [1.54, 1.807) is 0 Å². The summed E-state index contributed by atoms with van der Waals surface area (Å²) in [5.41, 5.74) is 7.49. The molecule has 0 unspecified atom stereocenters. The summed E-state index contributed by atoms with van der Waals surface area (Å²) in [5.74, 6) is 0.716. The molecule has 0 atom stereocenters. The van der Waals surface area contributed by atoms with E-state index in [1.807, 2.05) is 18.2 Å². The molecule has 46 heavy (non-hydrogen) atoms. The summed E-state index contributed by atoms with van der Waals surface area (Å²) < 4.78 is 0. The maximum atomic E-state index is 5.31. The molecular formula is C44H28N2. The second-order valence-electron chi connectivity index (χ2n) is 11.8. The highest BCUT2D eigenvalue weighted by Crippen LogP contribution is 2.44. The third-order valence-corrected chi connectivity index (χ3v) is 9.05. The van der Waals surface area contributed by atoms with Gasteiger partial charge in [-0.2, -0.15) is 0 Å². The summed E-state index contributed by atoms with van der Waals surface area (Å²) in [6.07, 6.45) is 0. The number of benzene rings is 8. The van der Waals surface area contributed by atoms with Crippen molar-refractivity contribution in [3.8, 4) is 45.0 Å². The maximum absolute atomic E-state index is 5.31. The first-order valence-corrected chi connectivity index (χ1v) is 15.7. The topological polar surface area (TPSA) is 25.8 Å². The van der Waals surface area contributed by atoms with Crippen LogP contribution in [-0.2, 0) is 0 Å². The number of aromatic nitrogens is 2. The molecule has 0 N–H and O–H groups in total. The minimum absolute atomic E-state index is 0.716. The molecule has 0 aliphatic heterocycles. The minimum atomic E-state index is 0.716. The first-order valence-electron chi connectivity index (χ1n) is 15.7. The lowest BCUT2D eigenvalue weighted by Gasteiger charge is -2.18. The van der Waals surface area contributed by atoms with Crippen LogP contribution in [0.25, 0.3) is 88.1 Å². The van der Waals surface area contributed by atoms with Crippen molar-refractivity contribution < 1.29 is 0 Å². The number of hydrogen-bond donors (Lipinski definition) is 0. The lowest BCUT2D eigenvalue weighted by atomic mass is 9.86. The fourth-order valence-corrected chi connectivity index (χ4v) is 6.94. The second-order valence-corrected chi connectivity index (χ2v) is 11.8. The van der Waals surface area contributed by atoms with Gasteiger partial charge in [0.2, 0.25) is 0 Å². The fourth-order valence-electron chi connectivity index (χ4n) is 6.94. The van der Waals surface area contributed by atoms with Crippen molar-refractivity contribution in [1.29, 1.82) is 0 Å². The van der Waals surface area contributed by atoms with Crippen molar-refractivity contribution in [2.45, 2.75) is 0 Å². The minimum Gasteiger partial charge on any atom is -0.228 e. The Morgan fingerprint density at radius 2 is 0.848 bits per heavy atom. The average molecular weight is 585 g/mol. The quantitative estimate of drug-likeness (QED) is 0.192. The van der Waals surface area contributed by atoms with Gasteiger partial charge in [-0.25, -0.2) is 9.97 Å². The predicted molar refractivity (Wildman–Crippen MR) is 194 cm³/mol. The molecule has 0 fully saturated rings. The Kier molecular flexibility index (Phi) is 6.17. The molecule has 9 aromatic rings. The van der Waals surface area contributed by atoms with Gasteiger partial charge in [-0.15, -0.1) is 0 Å². The van der Waals surface area contributed by atoms with E-state index in [2.05, 4.69) is 152 Å². The zero-order valence-corrected chi connectivity index (χ0v) is 25.1. The van der Waals surface area contributed by atoms with Crippen LogP contribution >= 0.6 is 0 Å². The van der Waals surface area contributed by atoms with Crippen LogP contribution < -0.4 is 0 Å². The van der Waals surface area contributed by atoms with Gasteiger partial charge in [0.25, 0.3) is 0 Å². The van der Waals surface area contributed by atoms with E-state index in [0.717, 1.165) is 28.1 Å². The Balaban J connectivity index is 1.38. The first-order chi connectivity index (χ1) is 22.8. The predicted octanol–water partition coefficient (Wildman–Crippen LogP) is 11.8. The zero-order valence-electron chi connectivity index (χ0n) is 25.1. The highest BCUT2D eigenvalue weighted by Gasteiger charge is 2.20. The van der Waals surface area contributed by atoms with E-state index in [0.29, 0.717) is 5.82 Å². The smallest absolute Gasteiger partial charge is 0.160 e. The number of nitrogens with zero attached hydrogens (tertiary/aromatic N) is 2. The van der Waals surface area contributed by atoms with Crippen LogP contribution in [0.4, 0.5) is 0 Å². The Bertz CT molecular complexity index is 2520. The summed E-state index contributed by atoms with van der Waals surface area (Å²) >= 11 is 0. The van der Waals surface area contributed by atoms with Gasteiger partial charge in [0.1, 0.15) is 0 Å². The molecular weight excluding hydrogens is 556 g/mol. The van der Waals surface area contributed by atoms with Gasteiger partial charge in [-0.1, -0.05) is 158 Å². The van der Waals surface area contributed by atoms with Crippen LogP contribution in [0.1, 0.15) is 0 Å². The van der Waals surface area contributed by atoms with Crippen molar-refractivity contribution in [3.05, 3.63) is 170 Å². The summed E-state index contributed by atoms with van der Waals surface area (Å²) in [4.78, 5) is 10.5. The van der Waals surface area contributed by atoms with Crippen LogP contribution in [0.5, 0.6) is 0 Å². The number of rotatable bonds is 4. The fraction of sp³-hybridized carbons (Fsp3) is 0. The van der Waals surface area contributed by atoms with Crippen molar-refractivity contribution in [1.82, 2.24) is 9.97 Å². The Morgan fingerprint density at radius 1 is 0.304 bits per heavy atom. The molecule has 2 nitrogen and oxygen atoms in total. The molecule has 0 saturated heterocycles. The van der Waals surface area contributed by atoms with Crippen molar-refractivity contribution in [2.24, 2.45) is 0 Å². The van der Waals surface area contributed by atoms with Crippen LogP contribution in [0, 0.1) is 0 Å². The van der Waals surface area contributed by atoms with Crippen molar-refractivity contribution >= 4 is 43.1 Å². The summed E-state index contributed by atoms with van der Waals surface area (Å²) in [6.45, 7) is 0. The summed E-state index contributed by atoms with van der Waals surface area (Å²) in [7, 11) is 0. The molecule has 2 heteroatoms. The van der Waals surface area contributed by atoms with E-state index < -0.39 is 0 Å².